The molecule has 1 heterocycles. The summed E-state index contributed by atoms with van der Waals surface area (Å²) in [5.41, 5.74) is 0.333. The summed E-state index contributed by atoms with van der Waals surface area (Å²) in [4.78, 5) is 14.7. The molecule has 1 aromatic carbocycles. The Kier molecular flexibility index (Phi) is 3.50. The Labute approximate surface area is 112 Å². The maximum Gasteiger partial charge on any atom is 0.338 e. The van der Waals surface area contributed by atoms with Crippen LogP contribution in [0.2, 0.25) is 10.0 Å². The lowest BCUT2D eigenvalue weighted by Gasteiger charge is -2.05. The molecule has 0 fully saturated rings. The van der Waals surface area contributed by atoms with E-state index in [0.717, 1.165) is 6.07 Å². The average Bonchev–Trinajstić information content (AvgIpc) is 2.28. The van der Waals surface area contributed by atoms with Gasteiger partial charge in [-0.1, -0.05) is 29.3 Å². The summed E-state index contributed by atoms with van der Waals surface area (Å²) in [5.74, 6) is -2.16. The van der Waals surface area contributed by atoms with Gasteiger partial charge in [0.05, 0.1) is 21.3 Å². The quantitative estimate of drug-likeness (QED) is 0.911. The van der Waals surface area contributed by atoms with Gasteiger partial charge in [-0.2, -0.15) is 0 Å². The standard InChI is InChI=1S/C12H6Cl2FNO2/c13-7-4-9(14)11(16-5-7)6-1-2-8(12(17)18)10(15)3-6/h1-5H,(H,17,18). The van der Waals surface area contributed by atoms with E-state index < -0.39 is 17.3 Å². The predicted octanol–water partition coefficient (Wildman–Crippen LogP) is 3.89. The third-order valence-corrected chi connectivity index (χ3v) is 2.78. The summed E-state index contributed by atoms with van der Waals surface area (Å²) in [6.45, 7) is 0. The van der Waals surface area contributed by atoms with Crippen molar-refractivity contribution in [2.24, 2.45) is 0 Å². The van der Waals surface area contributed by atoms with Crippen molar-refractivity contribution >= 4 is 29.2 Å². The van der Waals surface area contributed by atoms with Crippen LogP contribution in [0.1, 0.15) is 10.4 Å². The van der Waals surface area contributed by atoms with Crippen LogP contribution in [-0.2, 0) is 0 Å². The fraction of sp³-hybridized carbons (Fsp3) is 0. The normalized spacial score (nSPS) is 10.4. The van der Waals surface area contributed by atoms with Crippen LogP contribution in [-0.4, -0.2) is 16.1 Å². The molecule has 0 spiro atoms. The second kappa shape index (κ2) is 4.92. The number of benzene rings is 1. The van der Waals surface area contributed by atoms with Gasteiger partial charge in [0.2, 0.25) is 0 Å². The van der Waals surface area contributed by atoms with Crippen molar-refractivity contribution in [3.63, 3.8) is 0 Å². The van der Waals surface area contributed by atoms with Crippen LogP contribution in [0.3, 0.4) is 0 Å². The molecule has 0 atom stereocenters. The number of carbonyl (C=O) groups is 1. The molecular formula is C12H6Cl2FNO2. The first-order valence-corrected chi connectivity index (χ1v) is 5.59. The highest BCUT2D eigenvalue weighted by Crippen LogP contribution is 2.28. The second-order valence-electron chi connectivity index (χ2n) is 3.48. The van der Waals surface area contributed by atoms with E-state index in [1.807, 2.05) is 0 Å². The minimum atomic E-state index is -1.32. The molecule has 1 N–H and O–H groups in total. The first-order valence-electron chi connectivity index (χ1n) is 4.83. The van der Waals surface area contributed by atoms with E-state index in [9.17, 15) is 9.18 Å². The first-order chi connectivity index (χ1) is 8.49. The van der Waals surface area contributed by atoms with Crippen molar-refractivity contribution in [3.05, 3.63) is 51.9 Å². The third-order valence-electron chi connectivity index (χ3n) is 2.28. The molecule has 0 saturated heterocycles. The van der Waals surface area contributed by atoms with E-state index >= 15 is 0 Å². The van der Waals surface area contributed by atoms with Crippen LogP contribution in [0.25, 0.3) is 11.3 Å². The molecule has 18 heavy (non-hydrogen) atoms. The van der Waals surface area contributed by atoms with Crippen molar-refractivity contribution < 1.29 is 14.3 Å². The van der Waals surface area contributed by atoms with Crippen molar-refractivity contribution in [1.82, 2.24) is 4.98 Å². The van der Waals surface area contributed by atoms with Crippen molar-refractivity contribution in [3.8, 4) is 11.3 Å². The molecule has 0 amide bonds. The second-order valence-corrected chi connectivity index (χ2v) is 4.33. The monoisotopic (exact) mass is 285 g/mol. The number of rotatable bonds is 2. The van der Waals surface area contributed by atoms with Crippen molar-refractivity contribution in [2.45, 2.75) is 0 Å². The molecule has 0 aliphatic heterocycles. The highest BCUT2D eigenvalue weighted by Gasteiger charge is 2.13. The molecule has 1 aromatic heterocycles. The van der Waals surface area contributed by atoms with Crippen molar-refractivity contribution in [2.75, 3.05) is 0 Å². The number of nitrogens with zero attached hydrogens (tertiary/aromatic N) is 1. The van der Waals surface area contributed by atoms with Crippen LogP contribution >= 0.6 is 23.2 Å². The maximum absolute atomic E-state index is 13.5. The van der Waals surface area contributed by atoms with Gasteiger partial charge in [0.1, 0.15) is 5.82 Å². The number of pyridine rings is 1. The minimum absolute atomic E-state index is 0.268. The number of hydrogen-bond donors (Lipinski definition) is 1. The van der Waals surface area contributed by atoms with Gasteiger partial charge < -0.3 is 5.11 Å². The predicted molar refractivity (Wildman–Crippen MR) is 66.6 cm³/mol. The maximum atomic E-state index is 13.5. The lowest BCUT2D eigenvalue weighted by Crippen LogP contribution is -2.00. The Balaban J connectivity index is 2.52. The molecule has 0 unspecified atom stereocenters. The van der Waals surface area contributed by atoms with E-state index in [2.05, 4.69) is 4.98 Å². The Morgan fingerprint density at radius 2 is 2.00 bits per heavy atom. The van der Waals surface area contributed by atoms with Gasteiger partial charge in [0.25, 0.3) is 0 Å². The SMILES string of the molecule is O=C(O)c1ccc(-c2ncc(Cl)cc2Cl)cc1F. The van der Waals surface area contributed by atoms with Crippen LogP contribution in [0.15, 0.2) is 30.5 Å². The number of carboxylic acid groups (broad SMARTS) is 1. The van der Waals surface area contributed by atoms with Crippen LogP contribution in [0.5, 0.6) is 0 Å². The van der Waals surface area contributed by atoms with E-state index in [4.69, 9.17) is 28.3 Å². The van der Waals surface area contributed by atoms with E-state index in [1.54, 1.807) is 0 Å². The first kappa shape index (κ1) is 12.8. The molecule has 2 aromatic rings. The molecule has 3 nitrogen and oxygen atoms in total. The average molecular weight is 286 g/mol. The largest absolute Gasteiger partial charge is 0.478 e. The molecule has 0 radical (unpaired) electrons. The lowest BCUT2D eigenvalue weighted by atomic mass is 10.1. The number of aromatic carboxylic acids is 1. The van der Waals surface area contributed by atoms with E-state index in [1.165, 1.54) is 24.4 Å². The minimum Gasteiger partial charge on any atom is -0.478 e. The van der Waals surface area contributed by atoms with Gasteiger partial charge in [-0.3, -0.25) is 4.98 Å². The zero-order valence-electron chi connectivity index (χ0n) is 8.82. The summed E-state index contributed by atoms with van der Waals surface area (Å²) >= 11 is 11.6. The molecule has 92 valence electrons. The molecule has 6 heteroatoms. The zero-order valence-corrected chi connectivity index (χ0v) is 10.3. The number of halogens is 3. The van der Waals surface area contributed by atoms with Gasteiger partial charge >= 0.3 is 5.97 Å². The molecule has 0 aliphatic rings. The Bertz CT molecular complexity index is 631. The summed E-state index contributed by atoms with van der Waals surface area (Å²) in [7, 11) is 0. The van der Waals surface area contributed by atoms with Gasteiger partial charge in [-0.25, -0.2) is 9.18 Å². The van der Waals surface area contributed by atoms with Crippen molar-refractivity contribution in [1.29, 1.82) is 0 Å². The lowest BCUT2D eigenvalue weighted by molar-refractivity contribution is 0.0692. The van der Waals surface area contributed by atoms with E-state index in [-0.39, 0.29) is 5.02 Å². The topological polar surface area (TPSA) is 50.2 Å². The summed E-state index contributed by atoms with van der Waals surface area (Å²) in [5, 5.41) is 9.35. The number of carboxylic acids is 1. The zero-order chi connectivity index (χ0) is 13.3. The van der Waals surface area contributed by atoms with Gasteiger partial charge in [-0.05, 0) is 18.2 Å². The number of aromatic nitrogens is 1. The van der Waals surface area contributed by atoms with Crippen LogP contribution in [0.4, 0.5) is 4.39 Å². The third kappa shape index (κ3) is 2.44. The highest BCUT2D eigenvalue weighted by molar-refractivity contribution is 6.36. The fourth-order valence-corrected chi connectivity index (χ4v) is 1.95. The van der Waals surface area contributed by atoms with Gasteiger partial charge in [0.15, 0.2) is 0 Å². The Morgan fingerprint density at radius 3 is 2.56 bits per heavy atom. The van der Waals surface area contributed by atoms with E-state index in [0.29, 0.717) is 16.3 Å². The van der Waals surface area contributed by atoms with Crippen LogP contribution < -0.4 is 0 Å². The molecule has 0 saturated carbocycles. The Hall–Kier alpha value is -1.65. The van der Waals surface area contributed by atoms with Crippen LogP contribution in [0, 0.1) is 5.82 Å². The molecule has 0 bridgehead atoms. The molecular weight excluding hydrogens is 280 g/mol. The molecule has 2 rings (SSSR count). The van der Waals surface area contributed by atoms with Gasteiger partial charge in [-0.15, -0.1) is 0 Å². The Morgan fingerprint density at radius 1 is 1.28 bits per heavy atom. The summed E-state index contributed by atoms with van der Waals surface area (Å²) < 4.78 is 13.5. The van der Waals surface area contributed by atoms with Gasteiger partial charge in [0, 0.05) is 11.8 Å². The molecule has 0 aliphatic carbocycles. The summed E-state index contributed by atoms with van der Waals surface area (Å²) in [6.07, 6.45) is 1.38. The smallest absolute Gasteiger partial charge is 0.338 e. The number of hydrogen-bond acceptors (Lipinski definition) is 2. The highest BCUT2D eigenvalue weighted by atomic mass is 35.5. The fourth-order valence-electron chi connectivity index (χ4n) is 1.46. The summed E-state index contributed by atoms with van der Waals surface area (Å²) in [6, 6.07) is 5.16.